The van der Waals surface area contributed by atoms with E-state index in [1.54, 1.807) is 6.08 Å². The lowest BCUT2D eigenvalue weighted by molar-refractivity contribution is -0.123. The Balaban J connectivity index is 0.00000108. The summed E-state index contributed by atoms with van der Waals surface area (Å²) in [5, 5.41) is 6.09. The summed E-state index contributed by atoms with van der Waals surface area (Å²) in [6.45, 7) is 0. The zero-order valence-electron chi connectivity index (χ0n) is 9.62. The summed E-state index contributed by atoms with van der Waals surface area (Å²) in [7, 11) is 0. The van der Waals surface area contributed by atoms with Crippen LogP contribution in [-0.2, 0) is 4.79 Å². The number of fused-ring (bicyclic) bond motifs is 1. The smallest absolute Gasteiger partial charge is 0.237 e. The molecule has 0 radical (unpaired) electrons. The van der Waals surface area contributed by atoms with E-state index in [-0.39, 0.29) is 36.2 Å². The van der Waals surface area contributed by atoms with Crippen LogP contribution in [-0.4, -0.2) is 24.0 Å². The van der Waals surface area contributed by atoms with E-state index in [4.69, 9.17) is 0 Å². The molecular formula is C12H18ClFN2O. The van der Waals surface area contributed by atoms with E-state index < -0.39 is 0 Å². The number of halogens is 2. The monoisotopic (exact) mass is 260 g/mol. The SMILES string of the molecule is Cl.O=C(NC1CCCC=C1F)[C@@H]1C[C@H]2C[C@H]2N1. The van der Waals surface area contributed by atoms with Gasteiger partial charge in [0.25, 0.3) is 0 Å². The van der Waals surface area contributed by atoms with Crippen LogP contribution in [0.3, 0.4) is 0 Å². The van der Waals surface area contributed by atoms with Crippen molar-refractivity contribution in [1.82, 2.24) is 10.6 Å². The molecular weight excluding hydrogens is 243 g/mol. The Bertz CT molecular complexity index is 337. The lowest BCUT2D eigenvalue weighted by Crippen LogP contribution is -2.47. The van der Waals surface area contributed by atoms with Crippen LogP contribution < -0.4 is 10.6 Å². The minimum Gasteiger partial charge on any atom is -0.346 e. The molecule has 3 nitrogen and oxygen atoms in total. The molecule has 5 heteroatoms. The summed E-state index contributed by atoms with van der Waals surface area (Å²) in [5.41, 5.74) is 0. The molecule has 3 aliphatic rings. The standard InChI is InChI=1S/C12H17FN2O.ClH/c13-8-3-1-2-4-9(8)15-12(16)11-6-7-5-10(7)14-11;/h3,7,9-11,14H,1-2,4-6H2,(H,15,16);1H/t7-,9?,10-,11+;/m1./s1. The van der Waals surface area contributed by atoms with Crippen molar-refractivity contribution in [2.75, 3.05) is 0 Å². The number of hydrogen-bond acceptors (Lipinski definition) is 2. The van der Waals surface area contributed by atoms with E-state index in [1.165, 1.54) is 6.42 Å². The van der Waals surface area contributed by atoms with E-state index in [1.807, 2.05) is 0 Å². The number of nitrogens with one attached hydrogen (secondary N) is 2. The summed E-state index contributed by atoms with van der Waals surface area (Å²) in [6, 6.07) is 0.0981. The third-order valence-corrected chi connectivity index (χ3v) is 3.88. The molecule has 1 saturated heterocycles. The minimum atomic E-state index is -0.375. The summed E-state index contributed by atoms with van der Waals surface area (Å²) in [6.07, 6.45) is 6.21. The van der Waals surface area contributed by atoms with Gasteiger partial charge in [-0.3, -0.25) is 4.79 Å². The van der Waals surface area contributed by atoms with Gasteiger partial charge in [-0.25, -0.2) is 4.39 Å². The third kappa shape index (κ3) is 2.63. The fraction of sp³-hybridized carbons (Fsp3) is 0.750. The molecule has 0 spiro atoms. The second-order valence-corrected chi connectivity index (χ2v) is 5.14. The predicted octanol–water partition coefficient (Wildman–Crippen LogP) is 1.68. The number of amides is 1. The third-order valence-electron chi connectivity index (χ3n) is 3.88. The fourth-order valence-corrected chi connectivity index (χ4v) is 2.78. The van der Waals surface area contributed by atoms with Crippen molar-refractivity contribution < 1.29 is 9.18 Å². The molecule has 1 amide bonds. The van der Waals surface area contributed by atoms with Crippen LogP contribution in [0.15, 0.2) is 11.9 Å². The summed E-state index contributed by atoms with van der Waals surface area (Å²) in [5.74, 6) is 0.507. The van der Waals surface area contributed by atoms with E-state index >= 15 is 0 Å². The quantitative estimate of drug-likeness (QED) is 0.793. The van der Waals surface area contributed by atoms with Crippen LogP contribution in [0.25, 0.3) is 0 Å². The Morgan fingerprint density at radius 3 is 2.94 bits per heavy atom. The highest BCUT2D eigenvalue weighted by Gasteiger charge is 2.48. The molecule has 1 heterocycles. The Morgan fingerprint density at radius 1 is 1.47 bits per heavy atom. The first-order chi connectivity index (χ1) is 7.74. The second-order valence-electron chi connectivity index (χ2n) is 5.14. The van der Waals surface area contributed by atoms with Crippen molar-refractivity contribution in [3.63, 3.8) is 0 Å². The second kappa shape index (κ2) is 4.94. The van der Waals surface area contributed by atoms with Crippen molar-refractivity contribution in [1.29, 1.82) is 0 Å². The first kappa shape index (κ1) is 12.8. The van der Waals surface area contributed by atoms with Crippen LogP contribution in [0.5, 0.6) is 0 Å². The Morgan fingerprint density at radius 2 is 2.29 bits per heavy atom. The lowest BCUT2D eigenvalue weighted by atomic mass is 10.0. The number of piperidine rings is 1. The van der Waals surface area contributed by atoms with Crippen molar-refractivity contribution in [2.45, 2.75) is 50.2 Å². The van der Waals surface area contributed by atoms with Crippen molar-refractivity contribution >= 4 is 18.3 Å². The summed E-state index contributed by atoms with van der Waals surface area (Å²) in [4.78, 5) is 11.9. The first-order valence-corrected chi connectivity index (χ1v) is 6.16. The Labute approximate surface area is 107 Å². The van der Waals surface area contributed by atoms with Gasteiger partial charge in [0.15, 0.2) is 0 Å². The topological polar surface area (TPSA) is 41.1 Å². The molecule has 1 unspecified atom stereocenters. The van der Waals surface area contributed by atoms with Crippen LogP contribution in [0.2, 0.25) is 0 Å². The molecule has 0 aromatic carbocycles. The van der Waals surface area contributed by atoms with Gasteiger partial charge in [-0.15, -0.1) is 12.4 Å². The Hall–Kier alpha value is -0.610. The molecule has 17 heavy (non-hydrogen) atoms. The molecule has 2 fully saturated rings. The van der Waals surface area contributed by atoms with Crippen LogP contribution >= 0.6 is 12.4 Å². The van der Waals surface area contributed by atoms with Gasteiger partial charge < -0.3 is 10.6 Å². The van der Waals surface area contributed by atoms with Gasteiger partial charge >= 0.3 is 0 Å². The molecule has 4 atom stereocenters. The van der Waals surface area contributed by atoms with Gasteiger partial charge in [0.1, 0.15) is 5.83 Å². The van der Waals surface area contributed by atoms with E-state index in [2.05, 4.69) is 10.6 Å². The molecule has 1 aliphatic heterocycles. The molecule has 0 aromatic heterocycles. The molecule has 0 aromatic rings. The summed E-state index contributed by atoms with van der Waals surface area (Å²) >= 11 is 0. The normalized spacial score (nSPS) is 38.8. The number of carbonyl (C=O) groups excluding carboxylic acids is 1. The molecule has 2 aliphatic carbocycles. The predicted molar refractivity (Wildman–Crippen MR) is 65.7 cm³/mol. The van der Waals surface area contributed by atoms with Gasteiger partial charge in [-0.1, -0.05) is 6.08 Å². The van der Waals surface area contributed by atoms with Crippen LogP contribution in [0, 0.1) is 5.92 Å². The van der Waals surface area contributed by atoms with E-state index in [9.17, 15) is 9.18 Å². The van der Waals surface area contributed by atoms with E-state index in [0.717, 1.165) is 25.7 Å². The number of hydrogen-bond donors (Lipinski definition) is 2. The van der Waals surface area contributed by atoms with Gasteiger partial charge in [-0.2, -0.15) is 0 Å². The number of carbonyl (C=O) groups is 1. The summed E-state index contributed by atoms with van der Waals surface area (Å²) < 4.78 is 13.4. The van der Waals surface area contributed by atoms with E-state index in [0.29, 0.717) is 12.0 Å². The van der Waals surface area contributed by atoms with Gasteiger partial charge in [0, 0.05) is 6.04 Å². The molecule has 3 rings (SSSR count). The van der Waals surface area contributed by atoms with Gasteiger partial charge in [0.05, 0.1) is 12.1 Å². The van der Waals surface area contributed by atoms with Crippen molar-refractivity contribution in [3.05, 3.63) is 11.9 Å². The zero-order chi connectivity index (χ0) is 11.1. The highest BCUT2D eigenvalue weighted by atomic mass is 35.5. The van der Waals surface area contributed by atoms with Crippen LogP contribution in [0.4, 0.5) is 4.39 Å². The lowest BCUT2D eigenvalue weighted by Gasteiger charge is -2.22. The molecule has 96 valence electrons. The highest BCUT2D eigenvalue weighted by Crippen LogP contribution is 2.40. The number of allylic oxidation sites excluding steroid dienone is 1. The largest absolute Gasteiger partial charge is 0.346 e. The van der Waals surface area contributed by atoms with Gasteiger partial charge in [0.2, 0.25) is 5.91 Å². The maximum absolute atomic E-state index is 13.4. The molecule has 0 bridgehead atoms. The van der Waals surface area contributed by atoms with Crippen molar-refractivity contribution in [2.24, 2.45) is 5.92 Å². The number of rotatable bonds is 2. The molecule has 1 saturated carbocycles. The first-order valence-electron chi connectivity index (χ1n) is 6.16. The maximum Gasteiger partial charge on any atom is 0.237 e. The van der Waals surface area contributed by atoms with Crippen LogP contribution in [0.1, 0.15) is 32.1 Å². The average Bonchev–Trinajstić information content (AvgIpc) is 2.89. The average molecular weight is 261 g/mol. The molecule has 2 N–H and O–H groups in total. The van der Waals surface area contributed by atoms with Crippen molar-refractivity contribution in [3.8, 4) is 0 Å². The maximum atomic E-state index is 13.4. The zero-order valence-corrected chi connectivity index (χ0v) is 10.4. The fourth-order valence-electron chi connectivity index (χ4n) is 2.78. The van der Waals surface area contributed by atoms with Gasteiger partial charge in [-0.05, 0) is 38.0 Å². The Kier molecular flexibility index (Phi) is 3.73. The minimum absolute atomic E-state index is 0. The highest BCUT2D eigenvalue weighted by molar-refractivity contribution is 5.85.